The van der Waals surface area contributed by atoms with Gasteiger partial charge < -0.3 is 0 Å². The second-order valence-corrected chi connectivity index (χ2v) is 6.90. The third-order valence-electron chi connectivity index (χ3n) is 3.32. The first-order valence-electron chi connectivity index (χ1n) is 7.01. The molecule has 2 aromatic rings. The summed E-state index contributed by atoms with van der Waals surface area (Å²) in [4.78, 5) is 0.217. The van der Waals surface area contributed by atoms with Crippen molar-refractivity contribution < 1.29 is 8.42 Å². The summed E-state index contributed by atoms with van der Waals surface area (Å²) in [6, 6.07) is 17.8. The van der Waals surface area contributed by atoms with Crippen LogP contribution in [0.3, 0.4) is 0 Å². The van der Waals surface area contributed by atoms with Crippen molar-refractivity contribution in [1.82, 2.24) is 4.72 Å². The van der Waals surface area contributed by atoms with Gasteiger partial charge >= 0.3 is 0 Å². The van der Waals surface area contributed by atoms with Crippen molar-refractivity contribution in [2.45, 2.75) is 30.7 Å². The van der Waals surface area contributed by atoms with Crippen LogP contribution >= 0.6 is 0 Å². The van der Waals surface area contributed by atoms with Crippen molar-refractivity contribution in [3.63, 3.8) is 0 Å². The Morgan fingerprint density at radius 1 is 1.09 bits per heavy atom. The van der Waals surface area contributed by atoms with Gasteiger partial charge in [0, 0.05) is 6.04 Å². The third kappa shape index (κ3) is 4.42. The minimum atomic E-state index is -3.62. The Morgan fingerprint density at radius 3 is 2.32 bits per heavy atom. The van der Waals surface area contributed by atoms with E-state index in [1.54, 1.807) is 24.3 Å². The molecule has 5 heteroatoms. The molecule has 0 aliphatic rings. The fourth-order valence-electron chi connectivity index (χ4n) is 2.17. The number of hydrogen-bond donors (Lipinski definition) is 1. The maximum absolute atomic E-state index is 12.4. The summed E-state index contributed by atoms with van der Waals surface area (Å²) in [6.07, 6.45) is 0.611. The van der Waals surface area contributed by atoms with Crippen molar-refractivity contribution in [3.05, 3.63) is 65.7 Å². The van der Waals surface area contributed by atoms with Crippen LogP contribution in [0.5, 0.6) is 0 Å². The average molecular weight is 314 g/mol. The van der Waals surface area contributed by atoms with E-state index >= 15 is 0 Å². The topological polar surface area (TPSA) is 70.0 Å². The van der Waals surface area contributed by atoms with E-state index in [-0.39, 0.29) is 11.3 Å². The highest BCUT2D eigenvalue weighted by Crippen LogP contribution is 2.13. The maximum Gasteiger partial charge on any atom is 0.240 e. The summed E-state index contributed by atoms with van der Waals surface area (Å²) >= 11 is 0. The minimum absolute atomic E-state index is 0.125. The van der Waals surface area contributed by atoms with E-state index in [9.17, 15) is 8.42 Å². The largest absolute Gasteiger partial charge is 0.240 e. The van der Waals surface area contributed by atoms with E-state index in [0.29, 0.717) is 6.42 Å². The molecule has 0 aromatic heterocycles. The summed E-state index contributed by atoms with van der Waals surface area (Å²) in [5.74, 6) is 0. The van der Waals surface area contributed by atoms with Gasteiger partial charge in [0.2, 0.25) is 10.0 Å². The van der Waals surface area contributed by atoms with E-state index < -0.39 is 16.1 Å². The number of nitrogens with one attached hydrogen (secondary N) is 1. The first-order chi connectivity index (χ1) is 10.5. The molecule has 22 heavy (non-hydrogen) atoms. The van der Waals surface area contributed by atoms with E-state index in [4.69, 9.17) is 5.26 Å². The second-order valence-electron chi connectivity index (χ2n) is 5.18. The Morgan fingerprint density at radius 2 is 1.73 bits per heavy atom. The molecule has 2 aromatic carbocycles. The number of nitriles is 1. The summed E-state index contributed by atoms with van der Waals surface area (Å²) in [7, 11) is -3.62. The number of nitrogens with zero attached hydrogens (tertiary/aromatic N) is 1. The third-order valence-corrected chi connectivity index (χ3v) is 4.85. The second kappa shape index (κ2) is 7.21. The summed E-state index contributed by atoms with van der Waals surface area (Å²) in [5, 5.41) is 8.93. The zero-order chi connectivity index (χ0) is 16.0. The van der Waals surface area contributed by atoms with Crippen LogP contribution in [0.25, 0.3) is 0 Å². The van der Waals surface area contributed by atoms with Crippen LogP contribution in [-0.4, -0.2) is 14.5 Å². The summed E-state index contributed by atoms with van der Waals surface area (Å²) in [5.41, 5.74) is 1.99. The Labute approximate surface area is 131 Å². The van der Waals surface area contributed by atoms with Crippen LogP contribution < -0.4 is 4.72 Å². The smallest absolute Gasteiger partial charge is 0.207 e. The molecule has 2 rings (SSSR count). The van der Waals surface area contributed by atoms with E-state index in [2.05, 4.69) is 4.72 Å². The Balaban J connectivity index is 2.16. The van der Waals surface area contributed by atoms with Crippen molar-refractivity contribution in [2.75, 3.05) is 0 Å². The molecule has 0 unspecified atom stereocenters. The molecule has 1 atom stereocenters. The molecule has 0 spiro atoms. The molecule has 0 saturated carbocycles. The highest BCUT2D eigenvalue weighted by molar-refractivity contribution is 7.89. The quantitative estimate of drug-likeness (QED) is 0.891. The van der Waals surface area contributed by atoms with E-state index in [1.807, 2.05) is 43.3 Å². The van der Waals surface area contributed by atoms with Gasteiger partial charge in [-0.3, -0.25) is 0 Å². The lowest BCUT2D eigenvalue weighted by Crippen LogP contribution is -2.36. The summed E-state index contributed by atoms with van der Waals surface area (Å²) in [6.45, 7) is 1.90. The molecule has 0 fully saturated rings. The number of sulfonamides is 1. The highest BCUT2D eigenvalue weighted by Gasteiger charge is 2.20. The predicted molar refractivity (Wildman–Crippen MR) is 85.7 cm³/mol. The molecule has 0 saturated heterocycles. The lowest BCUT2D eigenvalue weighted by Gasteiger charge is -2.16. The molecule has 0 aliphatic carbocycles. The standard InChI is InChI=1S/C17H18N2O2S/c1-14-7-9-17(10-8-14)22(20,21)19-16(11-12-18)13-15-5-3-2-4-6-15/h2-10,16,19H,11,13H2,1H3/t16-/m0/s1. The van der Waals surface area contributed by atoms with Crippen molar-refractivity contribution >= 4 is 10.0 Å². The Hall–Kier alpha value is -2.16. The Kier molecular flexibility index (Phi) is 5.31. The maximum atomic E-state index is 12.4. The molecule has 1 N–H and O–H groups in total. The molecule has 0 aliphatic heterocycles. The first kappa shape index (κ1) is 16.2. The molecular formula is C17H18N2O2S. The lowest BCUT2D eigenvalue weighted by atomic mass is 10.1. The van der Waals surface area contributed by atoms with Crippen LogP contribution in [0, 0.1) is 18.3 Å². The monoisotopic (exact) mass is 314 g/mol. The summed E-state index contributed by atoms with van der Waals surface area (Å²) < 4.78 is 27.4. The normalized spacial score (nSPS) is 12.5. The van der Waals surface area contributed by atoms with Crippen molar-refractivity contribution in [1.29, 1.82) is 5.26 Å². The predicted octanol–water partition coefficient (Wildman–Crippen LogP) is 2.80. The van der Waals surface area contributed by atoms with Gasteiger partial charge in [0.05, 0.1) is 17.4 Å². The van der Waals surface area contributed by atoms with Crippen LogP contribution in [0.2, 0.25) is 0 Å². The molecule has 0 amide bonds. The molecular weight excluding hydrogens is 296 g/mol. The van der Waals surface area contributed by atoms with Gasteiger partial charge in [0.15, 0.2) is 0 Å². The fraction of sp³-hybridized carbons (Fsp3) is 0.235. The highest BCUT2D eigenvalue weighted by atomic mass is 32.2. The number of benzene rings is 2. The van der Waals surface area contributed by atoms with Gasteiger partial charge in [-0.05, 0) is 31.0 Å². The van der Waals surface area contributed by atoms with Crippen LogP contribution in [0.15, 0.2) is 59.5 Å². The van der Waals surface area contributed by atoms with Crippen molar-refractivity contribution in [2.24, 2.45) is 0 Å². The van der Waals surface area contributed by atoms with Crippen LogP contribution in [-0.2, 0) is 16.4 Å². The molecule has 0 radical (unpaired) electrons. The van der Waals surface area contributed by atoms with Gasteiger partial charge in [-0.25, -0.2) is 13.1 Å². The first-order valence-corrected chi connectivity index (χ1v) is 8.49. The van der Waals surface area contributed by atoms with Crippen molar-refractivity contribution in [3.8, 4) is 6.07 Å². The number of hydrogen-bond acceptors (Lipinski definition) is 3. The van der Waals surface area contributed by atoms with Gasteiger partial charge in [0.25, 0.3) is 0 Å². The van der Waals surface area contributed by atoms with Gasteiger partial charge in [0.1, 0.15) is 0 Å². The average Bonchev–Trinajstić information content (AvgIpc) is 2.48. The zero-order valence-electron chi connectivity index (χ0n) is 12.4. The molecule has 0 bridgehead atoms. The van der Waals surface area contributed by atoms with E-state index in [0.717, 1.165) is 11.1 Å². The Bertz CT molecular complexity index is 747. The molecule has 114 valence electrons. The fourth-order valence-corrected chi connectivity index (χ4v) is 3.41. The molecule has 4 nitrogen and oxygen atoms in total. The van der Waals surface area contributed by atoms with Gasteiger partial charge in [-0.1, -0.05) is 48.0 Å². The lowest BCUT2D eigenvalue weighted by molar-refractivity contribution is 0.548. The van der Waals surface area contributed by atoms with Gasteiger partial charge in [-0.2, -0.15) is 5.26 Å². The van der Waals surface area contributed by atoms with Crippen LogP contribution in [0.1, 0.15) is 17.5 Å². The molecule has 0 heterocycles. The van der Waals surface area contributed by atoms with Crippen LogP contribution in [0.4, 0.5) is 0 Å². The zero-order valence-corrected chi connectivity index (χ0v) is 13.2. The van der Waals surface area contributed by atoms with E-state index in [1.165, 1.54) is 0 Å². The number of rotatable bonds is 6. The van der Waals surface area contributed by atoms with Gasteiger partial charge in [-0.15, -0.1) is 0 Å². The minimum Gasteiger partial charge on any atom is -0.207 e. The SMILES string of the molecule is Cc1ccc(S(=O)(=O)N[C@@H](CC#N)Cc2ccccc2)cc1. The number of aryl methyl sites for hydroxylation is 1.